The summed E-state index contributed by atoms with van der Waals surface area (Å²) in [6.45, 7) is 10.5. The van der Waals surface area contributed by atoms with Crippen LogP contribution < -0.4 is 5.32 Å². The summed E-state index contributed by atoms with van der Waals surface area (Å²) >= 11 is 0. The van der Waals surface area contributed by atoms with Gasteiger partial charge in [-0.3, -0.25) is 0 Å². The first-order chi connectivity index (χ1) is 10.0. The van der Waals surface area contributed by atoms with Gasteiger partial charge in [-0.2, -0.15) is 0 Å². The second-order valence-electron chi connectivity index (χ2n) is 7.88. The molecule has 1 N–H and O–H groups in total. The van der Waals surface area contributed by atoms with Crippen molar-refractivity contribution in [3.05, 3.63) is 35.4 Å². The van der Waals surface area contributed by atoms with Gasteiger partial charge in [-0.1, -0.05) is 45.0 Å². The Bertz CT molecular complexity index is 457. The summed E-state index contributed by atoms with van der Waals surface area (Å²) in [5, 5.41) is 3.78. The van der Waals surface area contributed by atoms with Crippen molar-refractivity contribution in [3.8, 4) is 0 Å². The smallest absolute Gasteiger partial charge is 0.0208 e. The van der Waals surface area contributed by atoms with Crippen LogP contribution in [0, 0.1) is 0 Å². The number of nitrogens with one attached hydrogen (secondary N) is 1. The Morgan fingerprint density at radius 1 is 1.10 bits per heavy atom. The Morgan fingerprint density at radius 2 is 1.86 bits per heavy atom. The van der Waals surface area contributed by atoms with E-state index in [-0.39, 0.29) is 5.41 Å². The fraction of sp³-hybridized carbons (Fsp3) is 0.684. The molecule has 2 heterocycles. The van der Waals surface area contributed by atoms with Crippen molar-refractivity contribution in [1.29, 1.82) is 0 Å². The summed E-state index contributed by atoms with van der Waals surface area (Å²) in [7, 11) is 0. The number of hydrogen-bond donors (Lipinski definition) is 1. The molecule has 2 nitrogen and oxygen atoms in total. The van der Waals surface area contributed by atoms with E-state index in [0.717, 1.165) is 12.6 Å². The predicted molar refractivity (Wildman–Crippen MR) is 89.6 cm³/mol. The molecule has 2 aliphatic heterocycles. The third-order valence-electron chi connectivity index (χ3n) is 5.24. The SMILES string of the molecule is CC(C)(C)c1ccc(CNC2CCN3CCCC3C2)cc1. The maximum atomic E-state index is 3.78. The van der Waals surface area contributed by atoms with Crippen LogP contribution in [0.5, 0.6) is 0 Å². The molecule has 0 amide bonds. The molecule has 1 aromatic carbocycles. The van der Waals surface area contributed by atoms with Crippen molar-refractivity contribution in [1.82, 2.24) is 10.2 Å². The largest absolute Gasteiger partial charge is 0.310 e. The van der Waals surface area contributed by atoms with E-state index in [1.165, 1.54) is 49.9 Å². The zero-order chi connectivity index (χ0) is 14.9. The van der Waals surface area contributed by atoms with Crippen molar-refractivity contribution in [2.24, 2.45) is 0 Å². The van der Waals surface area contributed by atoms with Crippen molar-refractivity contribution in [2.75, 3.05) is 13.1 Å². The Kier molecular flexibility index (Phi) is 4.37. The third kappa shape index (κ3) is 3.67. The van der Waals surface area contributed by atoms with E-state index in [9.17, 15) is 0 Å². The predicted octanol–water partition coefficient (Wildman–Crippen LogP) is 3.70. The van der Waals surface area contributed by atoms with Crippen LogP contribution in [0.1, 0.15) is 57.6 Å². The van der Waals surface area contributed by atoms with Crippen LogP contribution in [-0.4, -0.2) is 30.1 Å². The summed E-state index contributed by atoms with van der Waals surface area (Å²) < 4.78 is 0. The number of benzene rings is 1. The molecule has 2 saturated heterocycles. The summed E-state index contributed by atoms with van der Waals surface area (Å²) in [5.74, 6) is 0. The lowest BCUT2D eigenvalue weighted by molar-refractivity contribution is 0.166. The molecule has 0 radical (unpaired) electrons. The van der Waals surface area contributed by atoms with Crippen LogP contribution in [0.3, 0.4) is 0 Å². The molecule has 21 heavy (non-hydrogen) atoms. The monoisotopic (exact) mass is 286 g/mol. The van der Waals surface area contributed by atoms with Gasteiger partial charge < -0.3 is 10.2 Å². The van der Waals surface area contributed by atoms with Gasteiger partial charge in [0.25, 0.3) is 0 Å². The lowest BCUT2D eigenvalue weighted by Gasteiger charge is -2.35. The number of nitrogens with zero attached hydrogens (tertiary/aromatic N) is 1. The van der Waals surface area contributed by atoms with E-state index in [1.807, 2.05) is 0 Å². The highest BCUT2D eigenvalue weighted by Gasteiger charge is 2.31. The van der Waals surface area contributed by atoms with Gasteiger partial charge >= 0.3 is 0 Å². The Hall–Kier alpha value is -0.860. The van der Waals surface area contributed by atoms with Crippen LogP contribution in [0.2, 0.25) is 0 Å². The maximum Gasteiger partial charge on any atom is 0.0208 e. The fourth-order valence-electron chi connectivity index (χ4n) is 3.79. The molecular weight excluding hydrogens is 256 g/mol. The lowest BCUT2D eigenvalue weighted by atomic mass is 9.87. The van der Waals surface area contributed by atoms with Crippen LogP contribution in [0.25, 0.3) is 0 Å². The number of hydrogen-bond acceptors (Lipinski definition) is 2. The van der Waals surface area contributed by atoms with E-state index in [0.29, 0.717) is 6.04 Å². The van der Waals surface area contributed by atoms with Gasteiger partial charge in [0.2, 0.25) is 0 Å². The topological polar surface area (TPSA) is 15.3 Å². The Balaban J connectivity index is 1.51. The van der Waals surface area contributed by atoms with Gasteiger partial charge in [0.05, 0.1) is 0 Å². The van der Waals surface area contributed by atoms with E-state index in [2.05, 4.69) is 55.3 Å². The van der Waals surface area contributed by atoms with Crippen LogP contribution >= 0.6 is 0 Å². The molecule has 116 valence electrons. The molecule has 2 atom stereocenters. The third-order valence-corrected chi connectivity index (χ3v) is 5.24. The molecule has 2 unspecified atom stereocenters. The van der Waals surface area contributed by atoms with Crippen molar-refractivity contribution >= 4 is 0 Å². The molecule has 2 heteroatoms. The highest BCUT2D eigenvalue weighted by molar-refractivity contribution is 5.27. The molecule has 0 saturated carbocycles. The summed E-state index contributed by atoms with van der Waals surface area (Å²) in [5.41, 5.74) is 3.09. The standard InChI is InChI=1S/C19H30N2/c1-19(2,3)16-8-6-15(7-9-16)14-20-17-10-12-21-11-4-5-18(21)13-17/h6-9,17-18,20H,4-5,10-14H2,1-3H3. The van der Waals surface area contributed by atoms with Gasteiger partial charge in [0.1, 0.15) is 0 Å². The summed E-state index contributed by atoms with van der Waals surface area (Å²) in [4.78, 5) is 2.69. The quantitative estimate of drug-likeness (QED) is 0.911. The summed E-state index contributed by atoms with van der Waals surface area (Å²) in [6, 6.07) is 10.7. The zero-order valence-corrected chi connectivity index (χ0v) is 13.9. The molecule has 2 aliphatic rings. The summed E-state index contributed by atoms with van der Waals surface area (Å²) in [6.07, 6.45) is 5.49. The molecule has 1 aromatic rings. The molecule has 3 rings (SSSR count). The van der Waals surface area contributed by atoms with E-state index in [4.69, 9.17) is 0 Å². The number of fused-ring (bicyclic) bond motifs is 1. The van der Waals surface area contributed by atoms with Gasteiger partial charge in [0.15, 0.2) is 0 Å². The van der Waals surface area contributed by atoms with Crippen LogP contribution in [0.4, 0.5) is 0 Å². The van der Waals surface area contributed by atoms with E-state index >= 15 is 0 Å². The second kappa shape index (κ2) is 6.10. The zero-order valence-electron chi connectivity index (χ0n) is 13.9. The van der Waals surface area contributed by atoms with Gasteiger partial charge in [-0.05, 0) is 55.3 Å². The maximum absolute atomic E-state index is 3.78. The van der Waals surface area contributed by atoms with Gasteiger partial charge in [0, 0.05) is 18.6 Å². The molecule has 0 bridgehead atoms. The Labute approximate surface area is 129 Å². The number of piperidine rings is 1. The minimum Gasteiger partial charge on any atom is -0.310 e. The Morgan fingerprint density at radius 3 is 2.57 bits per heavy atom. The van der Waals surface area contributed by atoms with Crippen molar-refractivity contribution in [3.63, 3.8) is 0 Å². The first kappa shape index (κ1) is 15.1. The number of rotatable bonds is 3. The molecule has 0 aromatic heterocycles. The van der Waals surface area contributed by atoms with Crippen molar-refractivity contribution < 1.29 is 0 Å². The minimum absolute atomic E-state index is 0.251. The fourth-order valence-corrected chi connectivity index (χ4v) is 3.79. The first-order valence-corrected chi connectivity index (χ1v) is 8.59. The van der Waals surface area contributed by atoms with E-state index in [1.54, 1.807) is 0 Å². The lowest BCUT2D eigenvalue weighted by Crippen LogP contribution is -2.45. The van der Waals surface area contributed by atoms with Gasteiger partial charge in [-0.15, -0.1) is 0 Å². The molecule has 0 spiro atoms. The minimum atomic E-state index is 0.251. The van der Waals surface area contributed by atoms with Crippen LogP contribution in [-0.2, 0) is 12.0 Å². The van der Waals surface area contributed by atoms with E-state index < -0.39 is 0 Å². The highest BCUT2D eigenvalue weighted by atomic mass is 15.2. The normalized spacial score (nSPS) is 26.8. The average molecular weight is 286 g/mol. The second-order valence-corrected chi connectivity index (χ2v) is 7.88. The highest BCUT2D eigenvalue weighted by Crippen LogP contribution is 2.27. The average Bonchev–Trinajstić information content (AvgIpc) is 2.92. The molecular formula is C19H30N2. The first-order valence-electron chi connectivity index (χ1n) is 8.59. The van der Waals surface area contributed by atoms with Crippen LogP contribution in [0.15, 0.2) is 24.3 Å². The van der Waals surface area contributed by atoms with Gasteiger partial charge in [-0.25, -0.2) is 0 Å². The molecule has 0 aliphatic carbocycles. The molecule has 2 fully saturated rings. The van der Waals surface area contributed by atoms with Crippen molar-refractivity contribution in [2.45, 2.75) is 70.5 Å².